The van der Waals surface area contributed by atoms with Crippen LogP contribution in [-0.4, -0.2) is 12.2 Å². The van der Waals surface area contributed by atoms with Gasteiger partial charge in [0.1, 0.15) is 0 Å². The van der Waals surface area contributed by atoms with Crippen LogP contribution in [0.2, 0.25) is 0 Å². The van der Waals surface area contributed by atoms with Gasteiger partial charge in [-0.1, -0.05) is 22.0 Å². The molecule has 2 N–H and O–H groups in total. The van der Waals surface area contributed by atoms with Crippen molar-refractivity contribution in [2.24, 2.45) is 5.73 Å². The van der Waals surface area contributed by atoms with Crippen molar-refractivity contribution in [1.82, 2.24) is 0 Å². The molecule has 1 aromatic carbocycles. The van der Waals surface area contributed by atoms with E-state index in [1.807, 2.05) is 0 Å². The lowest BCUT2D eigenvalue weighted by atomic mass is 10.1. The summed E-state index contributed by atoms with van der Waals surface area (Å²) < 4.78 is 1.15. The van der Waals surface area contributed by atoms with Crippen LogP contribution in [0.4, 0.5) is 5.69 Å². The van der Waals surface area contributed by atoms with E-state index < -0.39 is 0 Å². The van der Waals surface area contributed by atoms with Gasteiger partial charge in [0.05, 0.1) is 6.17 Å². The number of halogens is 1. The zero-order valence-corrected chi connectivity index (χ0v) is 9.50. The summed E-state index contributed by atoms with van der Waals surface area (Å²) in [5, 5.41) is 0. The highest BCUT2D eigenvalue weighted by Crippen LogP contribution is 2.40. The smallest absolute Gasteiger partial charge is 0.0775 e. The molecule has 0 amide bonds. The SMILES string of the molecule is NC1CCC2Cc3ccc(Br)cc3N12. The minimum absolute atomic E-state index is 0.232. The largest absolute Gasteiger partial charge is 0.353 e. The van der Waals surface area contributed by atoms with Crippen LogP contribution in [0.15, 0.2) is 22.7 Å². The Balaban J connectivity index is 2.09. The fraction of sp³-hybridized carbons (Fsp3) is 0.455. The molecule has 0 saturated carbocycles. The number of nitrogens with two attached hydrogens (primary N) is 1. The molecule has 74 valence electrons. The molecule has 0 spiro atoms. The zero-order chi connectivity index (χ0) is 9.71. The molecule has 0 aliphatic carbocycles. The lowest BCUT2D eigenvalue weighted by Gasteiger charge is -2.24. The van der Waals surface area contributed by atoms with Crippen molar-refractivity contribution in [3.63, 3.8) is 0 Å². The van der Waals surface area contributed by atoms with E-state index in [9.17, 15) is 0 Å². The van der Waals surface area contributed by atoms with Gasteiger partial charge < -0.3 is 10.6 Å². The third-order valence-electron chi connectivity index (χ3n) is 3.33. The number of hydrogen-bond donors (Lipinski definition) is 1. The van der Waals surface area contributed by atoms with Gasteiger partial charge in [-0.25, -0.2) is 0 Å². The molecule has 2 unspecified atom stereocenters. The highest BCUT2D eigenvalue weighted by Gasteiger charge is 2.37. The van der Waals surface area contributed by atoms with Crippen molar-refractivity contribution in [2.75, 3.05) is 4.90 Å². The maximum absolute atomic E-state index is 6.10. The predicted molar refractivity (Wildman–Crippen MR) is 61.3 cm³/mol. The zero-order valence-electron chi connectivity index (χ0n) is 7.91. The maximum atomic E-state index is 6.10. The first kappa shape index (κ1) is 8.74. The van der Waals surface area contributed by atoms with E-state index in [2.05, 4.69) is 39.0 Å². The molecule has 2 heterocycles. The molecule has 0 radical (unpaired) electrons. The van der Waals surface area contributed by atoms with E-state index in [-0.39, 0.29) is 6.17 Å². The molecule has 14 heavy (non-hydrogen) atoms. The van der Waals surface area contributed by atoms with Gasteiger partial charge in [0, 0.05) is 16.2 Å². The number of fused-ring (bicyclic) bond motifs is 3. The third kappa shape index (κ3) is 1.12. The van der Waals surface area contributed by atoms with Gasteiger partial charge in [-0.3, -0.25) is 0 Å². The molecule has 2 atom stereocenters. The minimum atomic E-state index is 0.232. The van der Waals surface area contributed by atoms with Crippen LogP contribution < -0.4 is 10.6 Å². The van der Waals surface area contributed by atoms with E-state index >= 15 is 0 Å². The second-order valence-corrected chi connectivity index (χ2v) is 5.10. The summed E-state index contributed by atoms with van der Waals surface area (Å²) in [5.74, 6) is 0. The summed E-state index contributed by atoms with van der Waals surface area (Å²) in [7, 11) is 0. The standard InChI is InChI=1S/C11H13BrN2/c12-8-2-1-7-5-9-3-4-11(13)14(9)10(7)6-8/h1-2,6,9,11H,3-5,13H2. The average Bonchev–Trinajstić information content (AvgIpc) is 2.67. The van der Waals surface area contributed by atoms with Crippen molar-refractivity contribution >= 4 is 21.6 Å². The Kier molecular flexibility index (Phi) is 1.86. The normalized spacial score (nSPS) is 29.1. The molecule has 1 aromatic rings. The lowest BCUT2D eigenvalue weighted by Crippen LogP contribution is -2.39. The first-order chi connectivity index (χ1) is 6.75. The maximum Gasteiger partial charge on any atom is 0.0775 e. The van der Waals surface area contributed by atoms with Gasteiger partial charge in [-0.15, -0.1) is 0 Å². The Labute approximate surface area is 92.2 Å². The quantitative estimate of drug-likeness (QED) is 0.768. The fourth-order valence-electron chi connectivity index (χ4n) is 2.69. The first-order valence-corrected chi connectivity index (χ1v) is 5.87. The molecule has 1 fully saturated rings. The van der Waals surface area contributed by atoms with Crippen molar-refractivity contribution in [3.8, 4) is 0 Å². The monoisotopic (exact) mass is 252 g/mol. The van der Waals surface area contributed by atoms with Crippen LogP contribution in [0.5, 0.6) is 0 Å². The molecular weight excluding hydrogens is 240 g/mol. The molecule has 0 aromatic heterocycles. The highest BCUT2D eigenvalue weighted by molar-refractivity contribution is 9.10. The van der Waals surface area contributed by atoms with Crippen molar-refractivity contribution in [1.29, 1.82) is 0 Å². The van der Waals surface area contributed by atoms with E-state index in [4.69, 9.17) is 5.73 Å². The number of nitrogens with zero attached hydrogens (tertiary/aromatic N) is 1. The Morgan fingerprint density at radius 1 is 1.36 bits per heavy atom. The fourth-order valence-corrected chi connectivity index (χ4v) is 3.04. The van der Waals surface area contributed by atoms with Crippen molar-refractivity contribution in [3.05, 3.63) is 28.2 Å². The molecule has 2 aliphatic rings. The van der Waals surface area contributed by atoms with Gasteiger partial charge in [-0.05, 0) is 37.0 Å². The number of benzene rings is 1. The molecule has 3 heteroatoms. The van der Waals surface area contributed by atoms with Crippen molar-refractivity contribution in [2.45, 2.75) is 31.5 Å². The Hall–Kier alpha value is -0.540. The number of rotatable bonds is 0. The minimum Gasteiger partial charge on any atom is -0.353 e. The Morgan fingerprint density at radius 3 is 3.07 bits per heavy atom. The van der Waals surface area contributed by atoms with Crippen LogP contribution in [-0.2, 0) is 6.42 Å². The molecule has 2 aliphatic heterocycles. The summed E-state index contributed by atoms with van der Waals surface area (Å²) in [5.41, 5.74) is 8.89. The van der Waals surface area contributed by atoms with Gasteiger partial charge >= 0.3 is 0 Å². The van der Waals surface area contributed by atoms with Crippen LogP contribution >= 0.6 is 15.9 Å². The summed E-state index contributed by atoms with van der Waals surface area (Å²) in [6, 6.07) is 7.19. The molecule has 2 nitrogen and oxygen atoms in total. The summed E-state index contributed by atoms with van der Waals surface area (Å²) in [6.45, 7) is 0. The third-order valence-corrected chi connectivity index (χ3v) is 3.82. The highest BCUT2D eigenvalue weighted by atomic mass is 79.9. The van der Waals surface area contributed by atoms with Crippen LogP contribution in [0.25, 0.3) is 0 Å². The second kappa shape index (κ2) is 2.97. The summed E-state index contributed by atoms with van der Waals surface area (Å²) >= 11 is 3.51. The summed E-state index contributed by atoms with van der Waals surface area (Å²) in [6.07, 6.45) is 3.79. The van der Waals surface area contributed by atoms with Crippen LogP contribution in [0.3, 0.4) is 0 Å². The number of anilines is 1. The van der Waals surface area contributed by atoms with E-state index in [0.717, 1.165) is 10.9 Å². The van der Waals surface area contributed by atoms with Gasteiger partial charge in [0.25, 0.3) is 0 Å². The average molecular weight is 253 g/mol. The van der Waals surface area contributed by atoms with Crippen LogP contribution in [0, 0.1) is 0 Å². The second-order valence-electron chi connectivity index (χ2n) is 4.18. The topological polar surface area (TPSA) is 29.3 Å². The lowest BCUT2D eigenvalue weighted by molar-refractivity contribution is 0.674. The van der Waals surface area contributed by atoms with Gasteiger partial charge in [0.2, 0.25) is 0 Å². The number of hydrogen-bond acceptors (Lipinski definition) is 2. The molecule has 3 rings (SSSR count). The van der Waals surface area contributed by atoms with E-state index in [1.165, 1.54) is 24.1 Å². The van der Waals surface area contributed by atoms with Gasteiger partial charge in [0.15, 0.2) is 0 Å². The van der Waals surface area contributed by atoms with E-state index in [1.54, 1.807) is 0 Å². The van der Waals surface area contributed by atoms with E-state index in [0.29, 0.717) is 6.04 Å². The van der Waals surface area contributed by atoms with Crippen LogP contribution in [0.1, 0.15) is 18.4 Å². The Bertz CT molecular complexity index is 378. The first-order valence-electron chi connectivity index (χ1n) is 5.08. The molecular formula is C11H13BrN2. The van der Waals surface area contributed by atoms with Gasteiger partial charge in [-0.2, -0.15) is 0 Å². The Morgan fingerprint density at radius 2 is 2.21 bits per heavy atom. The predicted octanol–water partition coefficient (Wildman–Crippen LogP) is 2.26. The molecule has 1 saturated heterocycles. The van der Waals surface area contributed by atoms with Crippen molar-refractivity contribution < 1.29 is 0 Å². The summed E-state index contributed by atoms with van der Waals surface area (Å²) in [4.78, 5) is 2.39. The molecule has 0 bridgehead atoms.